The standard InChI is InChI=1S/C23H23FN8O/c1-16-5-8-21(32-26-9-10-27-32)22(29-16)23(33)31-11-3-2-4-19(31)15-30-14-17(12-28-30)20-7-6-18(24)13-25-20/h5-10,12-14,19H,2-4,11,15H2,1H3/t19-/m0/s1. The molecule has 5 heterocycles. The maximum absolute atomic E-state index is 13.6. The van der Waals surface area contributed by atoms with E-state index in [0.29, 0.717) is 30.2 Å². The summed E-state index contributed by atoms with van der Waals surface area (Å²) in [6, 6.07) is 6.65. The number of carbonyl (C=O) groups is 1. The van der Waals surface area contributed by atoms with Crippen molar-refractivity contribution < 1.29 is 9.18 Å². The van der Waals surface area contributed by atoms with E-state index >= 15 is 0 Å². The zero-order valence-electron chi connectivity index (χ0n) is 18.2. The van der Waals surface area contributed by atoms with Gasteiger partial charge in [0.2, 0.25) is 0 Å². The van der Waals surface area contributed by atoms with Crippen LogP contribution in [0.5, 0.6) is 0 Å². The largest absolute Gasteiger partial charge is 0.332 e. The van der Waals surface area contributed by atoms with Crippen molar-refractivity contribution in [1.29, 1.82) is 0 Å². The first kappa shape index (κ1) is 20.9. The number of pyridine rings is 2. The zero-order valence-corrected chi connectivity index (χ0v) is 18.2. The first-order chi connectivity index (χ1) is 16.1. The number of hydrogen-bond acceptors (Lipinski definition) is 6. The van der Waals surface area contributed by atoms with Gasteiger partial charge in [0.25, 0.3) is 5.91 Å². The number of rotatable bonds is 5. The fourth-order valence-corrected chi connectivity index (χ4v) is 4.16. The van der Waals surface area contributed by atoms with Gasteiger partial charge in [0, 0.05) is 24.0 Å². The third-order valence-corrected chi connectivity index (χ3v) is 5.79. The second-order valence-corrected chi connectivity index (χ2v) is 8.10. The van der Waals surface area contributed by atoms with Crippen LogP contribution in [-0.4, -0.2) is 58.1 Å². The minimum Gasteiger partial charge on any atom is -0.332 e. The smallest absolute Gasteiger partial charge is 0.275 e. The van der Waals surface area contributed by atoms with Crippen molar-refractivity contribution in [2.24, 2.45) is 0 Å². The first-order valence-electron chi connectivity index (χ1n) is 10.9. The van der Waals surface area contributed by atoms with Crippen LogP contribution in [-0.2, 0) is 6.54 Å². The van der Waals surface area contributed by atoms with Crippen molar-refractivity contribution in [1.82, 2.24) is 39.6 Å². The Balaban J connectivity index is 1.39. The van der Waals surface area contributed by atoms with Crippen LogP contribution in [0.15, 0.2) is 55.2 Å². The van der Waals surface area contributed by atoms with Gasteiger partial charge in [-0.15, -0.1) is 4.80 Å². The van der Waals surface area contributed by atoms with E-state index in [4.69, 9.17) is 0 Å². The van der Waals surface area contributed by atoms with Crippen molar-refractivity contribution in [3.63, 3.8) is 0 Å². The summed E-state index contributed by atoms with van der Waals surface area (Å²) in [5, 5.41) is 12.8. The molecule has 0 spiro atoms. The molecule has 1 fully saturated rings. The van der Waals surface area contributed by atoms with Gasteiger partial charge in [-0.05, 0) is 50.5 Å². The average molecular weight is 446 g/mol. The first-order valence-corrected chi connectivity index (χ1v) is 10.9. The molecule has 0 unspecified atom stereocenters. The van der Waals surface area contributed by atoms with Crippen molar-refractivity contribution in [2.75, 3.05) is 6.54 Å². The molecular formula is C23H23FN8O. The topological polar surface area (TPSA) is 94.6 Å². The van der Waals surface area contributed by atoms with Crippen LogP contribution in [0, 0.1) is 12.7 Å². The number of nitrogens with zero attached hydrogens (tertiary/aromatic N) is 8. The number of carbonyl (C=O) groups excluding carboxylic acids is 1. The minimum atomic E-state index is -0.378. The molecule has 0 radical (unpaired) electrons. The summed E-state index contributed by atoms with van der Waals surface area (Å²) in [6.45, 7) is 3.06. The van der Waals surface area contributed by atoms with E-state index in [1.165, 1.54) is 17.1 Å². The van der Waals surface area contributed by atoms with Crippen LogP contribution in [0.1, 0.15) is 35.4 Å². The molecule has 0 bridgehead atoms. The number of aryl methyl sites for hydroxylation is 1. The molecule has 1 saturated heterocycles. The predicted octanol–water partition coefficient (Wildman–Crippen LogP) is 3.06. The molecule has 1 aliphatic rings. The number of piperidine rings is 1. The second-order valence-electron chi connectivity index (χ2n) is 8.10. The Morgan fingerprint density at radius 2 is 1.94 bits per heavy atom. The van der Waals surface area contributed by atoms with Gasteiger partial charge < -0.3 is 4.90 Å². The fraction of sp³-hybridized carbons (Fsp3) is 0.304. The van der Waals surface area contributed by atoms with Gasteiger partial charge in [-0.25, -0.2) is 9.37 Å². The Morgan fingerprint density at radius 1 is 1.09 bits per heavy atom. The lowest BCUT2D eigenvalue weighted by Crippen LogP contribution is -2.46. The lowest BCUT2D eigenvalue weighted by Gasteiger charge is -2.35. The lowest BCUT2D eigenvalue weighted by atomic mass is 10.0. The van der Waals surface area contributed by atoms with E-state index in [9.17, 15) is 9.18 Å². The number of halogens is 1. The molecule has 0 N–H and O–H groups in total. The van der Waals surface area contributed by atoms with Crippen LogP contribution >= 0.6 is 0 Å². The molecule has 5 rings (SSSR count). The van der Waals surface area contributed by atoms with E-state index in [1.54, 1.807) is 24.7 Å². The van der Waals surface area contributed by atoms with Crippen molar-refractivity contribution >= 4 is 5.91 Å². The molecule has 1 amide bonds. The molecule has 0 aliphatic carbocycles. The molecule has 10 heteroatoms. The van der Waals surface area contributed by atoms with Crippen molar-refractivity contribution in [3.8, 4) is 16.9 Å². The molecule has 1 atom stereocenters. The highest BCUT2D eigenvalue weighted by molar-refractivity contribution is 5.96. The minimum absolute atomic E-state index is 0.0269. The van der Waals surface area contributed by atoms with E-state index in [2.05, 4.69) is 25.3 Å². The number of amides is 1. The summed E-state index contributed by atoms with van der Waals surface area (Å²) in [7, 11) is 0. The summed E-state index contributed by atoms with van der Waals surface area (Å²) >= 11 is 0. The third kappa shape index (κ3) is 4.36. The number of aromatic nitrogens is 7. The maximum Gasteiger partial charge on any atom is 0.275 e. The third-order valence-electron chi connectivity index (χ3n) is 5.79. The summed E-state index contributed by atoms with van der Waals surface area (Å²) < 4.78 is 15.0. The SMILES string of the molecule is Cc1ccc(-n2nccn2)c(C(=O)N2CCCC[C@H]2Cn2cc(-c3ccc(F)cn3)cn2)n1. The molecule has 4 aromatic heterocycles. The van der Waals surface area contributed by atoms with E-state index in [-0.39, 0.29) is 17.8 Å². The normalized spacial score (nSPS) is 16.2. The lowest BCUT2D eigenvalue weighted by molar-refractivity contribution is 0.0577. The molecular weight excluding hydrogens is 423 g/mol. The van der Waals surface area contributed by atoms with E-state index < -0.39 is 0 Å². The van der Waals surface area contributed by atoms with E-state index in [1.807, 2.05) is 34.8 Å². The molecule has 9 nitrogen and oxygen atoms in total. The number of hydrogen-bond donors (Lipinski definition) is 0. The zero-order chi connectivity index (χ0) is 22.8. The number of likely N-dealkylation sites (tertiary alicyclic amines) is 1. The highest BCUT2D eigenvalue weighted by Crippen LogP contribution is 2.24. The monoisotopic (exact) mass is 446 g/mol. The maximum atomic E-state index is 13.6. The van der Waals surface area contributed by atoms with Crippen LogP contribution in [0.4, 0.5) is 4.39 Å². The van der Waals surface area contributed by atoms with E-state index in [0.717, 1.165) is 30.5 Å². The molecule has 1 aliphatic heterocycles. The Morgan fingerprint density at radius 3 is 2.73 bits per heavy atom. The van der Waals surface area contributed by atoms with Crippen LogP contribution in [0.25, 0.3) is 16.9 Å². The van der Waals surface area contributed by atoms with Crippen LogP contribution in [0.3, 0.4) is 0 Å². The van der Waals surface area contributed by atoms with Gasteiger partial charge in [0.15, 0.2) is 5.69 Å². The summed E-state index contributed by atoms with van der Waals surface area (Å²) in [5.41, 5.74) is 3.11. The van der Waals surface area contributed by atoms with Gasteiger partial charge >= 0.3 is 0 Å². The molecule has 168 valence electrons. The van der Waals surface area contributed by atoms with Crippen molar-refractivity contribution in [2.45, 2.75) is 38.8 Å². The predicted molar refractivity (Wildman–Crippen MR) is 118 cm³/mol. The highest BCUT2D eigenvalue weighted by atomic mass is 19.1. The average Bonchev–Trinajstić information content (AvgIpc) is 3.52. The fourth-order valence-electron chi connectivity index (χ4n) is 4.16. The Hall–Kier alpha value is -3.95. The van der Waals surface area contributed by atoms with Gasteiger partial charge in [-0.3, -0.25) is 14.5 Å². The van der Waals surface area contributed by atoms with Gasteiger partial charge in [-0.1, -0.05) is 0 Å². The summed E-state index contributed by atoms with van der Waals surface area (Å²) in [6.07, 6.45) is 10.8. The Bertz CT molecular complexity index is 1250. The van der Waals surface area contributed by atoms with Crippen molar-refractivity contribution in [3.05, 3.63) is 72.5 Å². The Labute approximate surface area is 189 Å². The van der Waals surface area contributed by atoms with Crippen LogP contribution < -0.4 is 0 Å². The quantitative estimate of drug-likeness (QED) is 0.468. The van der Waals surface area contributed by atoms with Gasteiger partial charge in [0.05, 0.1) is 43.1 Å². The molecule has 0 aromatic carbocycles. The van der Waals surface area contributed by atoms with Crippen LogP contribution in [0.2, 0.25) is 0 Å². The highest BCUT2D eigenvalue weighted by Gasteiger charge is 2.31. The summed E-state index contributed by atoms with van der Waals surface area (Å²) in [5.74, 6) is -0.514. The Kier molecular flexibility index (Phi) is 5.64. The van der Waals surface area contributed by atoms with Gasteiger partial charge in [0.1, 0.15) is 11.5 Å². The summed E-state index contributed by atoms with van der Waals surface area (Å²) in [4.78, 5) is 25.6. The molecule has 0 saturated carbocycles. The van der Waals surface area contributed by atoms with Gasteiger partial charge in [-0.2, -0.15) is 15.3 Å². The molecule has 33 heavy (non-hydrogen) atoms. The second kappa shape index (κ2) is 8.89. The molecule has 4 aromatic rings.